The van der Waals surface area contributed by atoms with Crippen molar-refractivity contribution in [3.63, 3.8) is 0 Å². The second-order valence-electron chi connectivity index (χ2n) is 7.80. The minimum atomic E-state index is -0.519. The zero-order chi connectivity index (χ0) is 24.1. The Balaban J connectivity index is 1.62. The molecule has 3 heterocycles. The van der Waals surface area contributed by atoms with Crippen LogP contribution in [0.15, 0.2) is 58.4 Å². The molecule has 4 aromatic rings. The first kappa shape index (κ1) is 23.2. The van der Waals surface area contributed by atoms with E-state index in [9.17, 15) is 9.59 Å². The van der Waals surface area contributed by atoms with Crippen molar-refractivity contribution in [1.29, 1.82) is 0 Å². The van der Waals surface area contributed by atoms with Crippen molar-refractivity contribution >= 4 is 11.2 Å². The van der Waals surface area contributed by atoms with Crippen LogP contribution in [0.3, 0.4) is 0 Å². The van der Waals surface area contributed by atoms with Gasteiger partial charge in [0.2, 0.25) is 0 Å². The van der Waals surface area contributed by atoms with Crippen LogP contribution < -0.4 is 16.0 Å². The maximum atomic E-state index is 12.8. The summed E-state index contributed by atoms with van der Waals surface area (Å²) in [5.41, 5.74) is 0.698. The van der Waals surface area contributed by atoms with Crippen molar-refractivity contribution in [2.24, 2.45) is 7.05 Å². The van der Waals surface area contributed by atoms with Gasteiger partial charge in [-0.25, -0.2) is 9.78 Å². The highest BCUT2D eigenvalue weighted by Crippen LogP contribution is 2.20. The number of benzene rings is 1. The van der Waals surface area contributed by atoms with E-state index in [0.717, 1.165) is 35.5 Å². The second kappa shape index (κ2) is 10.3. The van der Waals surface area contributed by atoms with E-state index >= 15 is 0 Å². The number of likely N-dealkylation sites (N-methyl/N-ethyl adjacent to an activating group) is 1. The Kier molecular flexibility index (Phi) is 7.07. The smallest absolute Gasteiger partial charge is 0.332 e. The number of rotatable bonds is 9. The summed E-state index contributed by atoms with van der Waals surface area (Å²) in [5.74, 6) is 1.04. The highest BCUT2D eigenvalue weighted by molar-refractivity contribution is 5.71. The average molecular weight is 462 g/mol. The first-order valence-corrected chi connectivity index (χ1v) is 11.2. The number of hydrogen-bond acceptors (Lipinski definition) is 8. The average Bonchev–Trinajstić information content (AvgIpc) is 2.88. The molecule has 0 radical (unpaired) electrons. The molecule has 0 amide bonds. The molecule has 3 aromatic heterocycles. The van der Waals surface area contributed by atoms with Gasteiger partial charge in [0.05, 0.1) is 6.54 Å². The van der Waals surface area contributed by atoms with Gasteiger partial charge >= 0.3 is 5.69 Å². The Hall–Kier alpha value is -3.92. The van der Waals surface area contributed by atoms with Crippen molar-refractivity contribution in [3.05, 3.63) is 75.2 Å². The molecule has 10 nitrogen and oxygen atoms in total. The minimum Gasteiger partial charge on any atom is -0.492 e. The molecule has 0 aliphatic carbocycles. The third kappa shape index (κ3) is 4.86. The first-order valence-electron chi connectivity index (χ1n) is 11.2. The van der Waals surface area contributed by atoms with E-state index < -0.39 is 11.2 Å². The Morgan fingerprint density at radius 2 is 1.79 bits per heavy atom. The largest absolute Gasteiger partial charge is 0.492 e. The van der Waals surface area contributed by atoms with Gasteiger partial charge in [-0.15, -0.1) is 10.2 Å². The Labute approximate surface area is 196 Å². The molecule has 0 N–H and O–H groups in total. The van der Waals surface area contributed by atoms with Crippen molar-refractivity contribution < 1.29 is 4.74 Å². The summed E-state index contributed by atoms with van der Waals surface area (Å²) in [6.07, 6.45) is 3.31. The molecule has 0 unspecified atom stereocenters. The Bertz CT molecular complexity index is 1380. The summed E-state index contributed by atoms with van der Waals surface area (Å²) >= 11 is 0. The predicted molar refractivity (Wildman–Crippen MR) is 129 cm³/mol. The van der Waals surface area contributed by atoms with E-state index in [4.69, 9.17) is 4.74 Å². The van der Waals surface area contributed by atoms with Gasteiger partial charge in [-0.3, -0.25) is 18.9 Å². The van der Waals surface area contributed by atoms with Gasteiger partial charge in [-0.2, -0.15) is 0 Å². The predicted octanol–water partition coefficient (Wildman–Crippen LogP) is 1.72. The number of ether oxygens (including phenoxy) is 1. The molecule has 0 aliphatic rings. The molecule has 0 spiro atoms. The lowest BCUT2D eigenvalue weighted by Crippen LogP contribution is -2.39. The Morgan fingerprint density at radius 3 is 2.47 bits per heavy atom. The molecule has 10 heteroatoms. The van der Waals surface area contributed by atoms with Crippen molar-refractivity contribution in [2.45, 2.75) is 20.4 Å². The van der Waals surface area contributed by atoms with E-state index in [2.05, 4.69) is 38.9 Å². The van der Waals surface area contributed by atoms with Crippen LogP contribution in [0.4, 0.5) is 0 Å². The number of aromatic nitrogens is 6. The van der Waals surface area contributed by atoms with Crippen LogP contribution in [0.1, 0.15) is 19.4 Å². The van der Waals surface area contributed by atoms with E-state index in [0.29, 0.717) is 18.0 Å². The standard InChI is InChI=1S/C24H27N7O3/c1-4-30(5-2)13-14-34-19-10-8-18(9-11-19)21-26-20-22(28-27-21)31(24(33)29(3)23(20)32)16-17-7-6-12-25-15-17/h6-12,15H,4-5,13-14,16H2,1-3H3. The lowest BCUT2D eigenvalue weighted by molar-refractivity contribution is 0.223. The second-order valence-corrected chi connectivity index (χ2v) is 7.80. The third-order valence-electron chi connectivity index (χ3n) is 5.70. The number of fused-ring (bicyclic) bond motifs is 1. The number of hydrogen-bond donors (Lipinski definition) is 0. The molecule has 0 saturated heterocycles. The quantitative estimate of drug-likeness (QED) is 0.371. The summed E-state index contributed by atoms with van der Waals surface area (Å²) in [6.45, 7) is 7.88. The molecular formula is C24H27N7O3. The third-order valence-corrected chi connectivity index (χ3v) is 5.70. The molecule has 0 aliphatic heterocycles. The summed E-state index contributed by atoms with van der Waals surface area (Å²) < 4.78 is 8.24. The zero-order valence-corrected chi connectivity index (χ0v) is 19.5. The number of pyridine rings is 1. The molecule has 0 bridgehead atoms. The monoisotopic (exact) mass is 461 g/mol. The topological polar surface area (TPSA) is 108 Å². The molecular weight excluding hydrogens is 434 g/mol. The van der Waals surface area contributed by atoms with Crippen LogP contribution >= 0.6 is 0 Å². The lowest BCUT2D eigenvalue weighted by Gasteiger charge is -2.18. The molecule has 176 valence electrons. The molecule has 34 heavy (non-hydrogen) atoms. The fraction of sp³-hybridized carbons (Fsp3) is 0.333. The SMILES string of the molecule is CCN(CC)CCOc1ccc(-c2nnc3c(n2)c(=O)n(C)c(=O)n3Cc2cccnc2)cc1. The van der Waals surface area contributed by atoms with E-state index in [1.165, 1.54) is 11.6 Å². The highest BCUT2D eigenvalue weighted by atomic mass is 16.5. The Morgan fingerprint density at radius 1 is 1.03 bits per heavy atom. The van der Waals surface area contributed by atoms with Crippen LogP contribution in [0.2, 0.25) is 0 Å². The van der Waals surface area contributed by atoms with Gasteiger partial charge in [0, 0.05) is 31.5 Å². The van der Waals surface area contributed by atoms with Gasteiger partial charge in [0.1, 0.15) is 12.4 Å². The maximum absolute atomic E-state index is 12.8. The van der Waals surface area contributed by atoms with E-state index in [1.807, 2.05) is 30.3 Å². The summed E-state index contributed by atoms with van der Waals surface area (Å²) in [7, 11) is 1.43. The normalized spacial score (nSPS) is 11.3. The summed E-state index contributed by atoms with van der Waals surface area (Å²) in [5, 5.41) is 8.40. The van der Waals surface area contributed by atoms with Crippen molar-refractivity contribution in [3.8, 4) is 17.1 Å². The van der Waals surface area contributed by atoms with E-state index in [1.54, 1.807) is 18.5 Å². The summed E-state index contributed by atoms with van der Waals surface area (Å²) in [6, 6.07) is 11.0. The fourth-order valence-electron chi connectivity index (χ4n) is 3.63. The molecule has 1 aromatic carbocycles. The maximum Gasteiger partial charge on any atom is 0.332 e. The lowest BCUT2D eigenvalue weighted by atomic mass is 10.2. The highest BCUT2D eigenvalue weighted by Gasteiger charge is 2.16. The van der Waals surface area contributed by atoms with Gasteiger partial charge in [-0.05, 0) is 49.0 Å². The van der Waals surface area contributed by atoms with Crippen LogP contribution in [0.25, 0.3) is 22.6 Å². The van der Waals surface area contributed by atoms with Crippen molar-refractivity contribution in [2.75, 3.05) is 26.2 Å². The molecule has 0 fully saturated rings. The van der Waals surface area contributed by atoms with Gasteiger partial charge in [-0.1, -0.05) is 19.9 Å². The van der Waals surface area contributed by atoms with Crippen molar-refractivity contribution in [1.82, 2.24) is 34.2 Å². The van der Waals surface area contributed by atoms with Crippen LogP contribution in [0, 0.1) is 0 Å². The first-order chi connectivity index (χ1) is 16.5. The van der Waals surface area contributed by atoms with Crippen LogP contribution in [0.5, 0.6) is 5.75 Å². The summed E-state index contributed by atoms with van der Waals surface area (Å²) in [4.78, 5) is 36.4. The zero-order valence-electron chi connectivity index (χ0n) is 19.5. The number of nitrogens with zero attached hydrogens (tertiary/aromatic N) is 7. The minimum absolute atomic E-state index is 0.0792. The molecule has 0 atom stereocenters. The fourth-order valence-corrected chi connectivity index (χ4v) is 3.63. The molecule has 4 rings (SSSR count). The van der Waals surface area contributed by atoms with Crippen LogP contribution in [-0.4, -0.2) is 60.4 Å². The van der Waals surface area contributed by atoms with E-state index in [-0.39, 0.29) is 17.7 Å². The molecule has 0 saturated carbocycles. The van der Waals surface area contributed by atoms with Crippen LogP contribution in [-0.2, 0) is 13.6 Å². The van der Waals surface area contributed by atoms with Gasteiger partial charge < -0.3 is 9.64 Å². The van der Waals surface area contributed by atoms with Gasteiger partial charge in [0.15, 0.2) is 17.0 Å². The van der Waals surface area contributed by atoms with Gasteiger partial charge in [0.25, 0.3) is 5.56 Å².